The Hall–Kier alpha value is -3.27. The van der Waals surface area contributed by atoms with Crippen LogP contribution in [0.15, 0.2) is 48.5 Å². The smallest absolute Gasteiger partial charge is 0.419 e. The fourth-order valence-corrected chi connectivity index (χ4v) is 3.69. The van der Waals surface area contributed by atoms with Crippen LogP contribution >= 0.6 is 0 Å². The first-order valence-electron chi connectivity index (χ1n) is 12.3. The molecule has 0 fully saturated rings. The standard InChI is InChI=1S/C27H34F3NO6/c1-4-19(5-2)18-31(26(34)37-23-10-8-7-9-22(23)27(28,29)30)15-16-36-21-13-11-20(12-14-21)17-24(25(32)33)35-6-3/h7-14,19,24H,4-6,15-18H2,1-3H3,(H,32,33). The fourth-order valence-electron chi connectivity index (χ4n) is 3.69. The monoisotopic (exact) mass is 525 g/mol. The summed E-state index contributed by atoms with van der Waals surface area (Å²) in [5, 5.41) is 9.23. The van der Waals surface area contributed by atoms with Gasteiger partial charge in [-0.1, -0.05) is 51.0 Å². The van der Waals surface area contributed by atoms with E-state index in [2.05, 4.69) is 0 Å². The minimum absolute atomic E-state index is 0.0895. The molecule has 0 saturated carbocycles. The SMILES string of the molecule is CCOC(Cc1ccc(OCCN(CC(CC)CC)C(=O)Oc2ccccc2C(F)(F)F)cc1)C(=O)O. The first-order chi connectivity index (χ1) is 17.6. The minimum atomic E-state index is -4.65. The highest BCUT2D eigenvalue weighted by Gasteiger charge is 2.35. The number of benzene rings is 2. The number of carbonyl (C=O) groups is 2. The van der Waals surface area contributed by atoms with Crippen molar-refractivity contribution < 1.29 is 42.1 Å². The molecule has 0 spiro atoms. The quantitative estimate of drug-likeness (QED) is 0.323. The summed E-state index contributed by atoms with van der Waals surface area (Å²) in [7, 11) is 0. The number of carboxylic acids is 1. The zero-order valence-corrected chi connectivity index (χ0v) is 21.3. The van der Waals surface area contributed by atoms with Crippen molar-refractivity contribution in [1.82, 2.24) is 4.90 Å². The van der Waals surface area contributed by atoms with E-state index in [1.165, 1.54) is 17.0 Å². The maximum absolute atomic E-state index is 13.3. The molecule has 1 amide bonds. The first-order valence-corrected chi connectivity index (χ1v) is 12.3. The highest BCUT2D eigenvalue weighted by atomic mass is 19.4. The van der Waals surface area contributed by atoms with Crippen molar-refractivity contribution in [2.45, 2.75) is 52.3 Å². The van der Waals surface area contributed by atoms with Crippen LogP contribution in [0.2, 0.25) is 0 Å². The summed E-state index contributed by atoms with van der Waals surface area (Å²) in [6.07, 6.45) is -4.68. The van der Waals surface area contributed by atoms with E-state index in [1.54, 1.807) is 31.2 Å². The van der Waals surface area contributed by atoms with E-state index in [0.29, 0.717) is 12.3 Å². The molecular formula is C27H34F3NO6. The molecule has 2 aromatic carbocycles. The van der Waals surface area contributed by atoms with Crippen molar-refractivity contribution in [2.24, 2.45) is 5.92 Å². The highest BCUT2D eigenvalue weighted by Crippen LogP contribution is 2.36. The van der Waals surface area contributed by atoms with Crippen LogP contribution in [0.5, 0.6) is 11.5 Å². The largest absolute Gasteiger partial charge is 0.492 e. The molecule has 204 valence electrons. The lowest BCUT2D eigenvalue weighted by molar-refractivity contribution is -0.150. The molecular weight excluding hydrogens is 491 g/mol. The zero-order valence-electron chi connectivity index (χ0n) is 21.3. The summed E-state index contributed by atoms with van der Waals surface area (Å²) >= 11 is 0. The number of alkyl halides is 3. The number of halogens is 3. The normalized spacial score (nSPS) is 12.3. The number of amides is 1. The number of ether oxygens (including phenoxy) is 3. The van der Waals surface area contributed by atoms with Crippen molar-refractivity contribution in [3.63, 3.8) is 0 Å². The van der Waals surface area contributed by atoms with Gasteiger partial charge in [0.2, 0.25) is 0 Å². The molecule has 0 aliphatic heterocycles. The van der Waals surface area contributed by atoms with Crippen molar-refractivity contribution in [1.29, 1.82) is 0 Å². The predicted molar refractivity (Wildman–Crippen MR) is 132 cm³/mol. The van der Waals surface area contributed by atoms with Gasteiger partial charge in [0.15, 0.2) is 6.10 Å². The van der Waals surface area contributed by atoms with Crippen LogP contribution in [0.1, 0.15) is 44.7 Å². The van der Waals surface area contributed by atoms with Crippen LogP contribution in [0.3, 0.4) is 0 Å². The van der Waals surface area contributed by atoms with Crippen LogP contribution in [0.4, 0.5) is 18.0 Å². The third-order valence-corrected chi connectivity index (χ3v) is 5.90. The topological polar surface area (TPSA) is 85.3 Å². The summed E-state index contributed by atoms with van der Waals surface area (Å²) in [6, 6.07) is 11.4. The van der Waals surface area contributed by atoms with Gasteiger partial charge in [0.25, 0.3) is 0 Å². The molecule has 2 aromatic rings. The average Bonchev–Trinajstić information content (AvgIpc) is 2.86. The Kier molecular flexibility index (Phi) is 11.7. The second-order valence-corrected chi connectivity index (χ2v) is 8.47. The number of carbonyl (C=O) groups excluding carboxylic acids is 1. The number of hydrogen-bond acceptors (Lipinski definition) is 5. The molecule has 0 heterocycles. The molecule has 37 heavy (non-hydrogen) atoms. The molecule has 1 N–H and O–H groups in total. The third kappa shape index (κ3) is 9.60. The van der Waals surface area contributed by atoms with Gasteiger partial charge in [-0.2, -0.15) is 13.2 Å². The van der Waals surface area contributed by atoms with Gasteiger partial charge in [-0.05, 0) is 42.7 Å². The molecule has 7 nitrogen and oxygen atoms in total. The molecule has 2 rings (SSSR count). The van der Waals surface area contributed by atoms with E-state index >= 15 is 0 Å². The van der Waals surface area contributed by atoms with Gasteiger partial charge in [0.1, 0.15) is 18.1 Å². The van der Waals surface area contributed by atoms with E-state index < -0.39 is 35.7 Å². The van der Waals surface area contributed by atoms with Gasteiger partial charge in [0.05, 0.1) is 12.1 Å². The maximum Gasteiger partial charge on any atom is 0.419 e. The number of rotatable bonds is 14. The second kappa shape index (κ2) is 14.5. The van der Waals surface area contributed by atoms with E-state index in [1.807, 2.05) is 13.8 Å². The van der Waals surface area contributed by atoms with Gasteiger partial charge in [-0.25, -0.2) is 9.59 Å². The lowest BCUT2D eigenvalue weighted by atomic mass is 10.0. The van der Waals surface area contributed by atoms with Crippen LogP contribution in [-0.2, 0) is 22.1 Å². The minimum Gasteiger partial charge on any atom is -0.492 e. The van der Waals surface area contributed by atoms with Gasteiger partial charge in [0, 0.05) is 19.6 Å². The number of carboxylic acid groups (broad SMARTS) is 1. The van der Waals surface area contributed by atoms with Crippen LogP contribution in [-0.4, -0.2) is 54.5 Å². The van der Waals surface area contributed by atoms with Gasteiger partial charge >= 0.3 is 18.2 Å². The fraction of sp³-hybridized carbons (Fsp3) is 0.481. The third-order valence-electron chi connectivity index (χ3n) is 5.90. The number of para-hydroxylation sites is 1. The van der Waals surface area contributed by atoms with Gasteiger partial charge in [-0.3, -0.25) is 0 Å². The van der Waals surface area contributed by atoms with E-state index in [4.69, 9.17) is 14.2 Å². The predicted octanol–water partition coefficient (Wildman–Crippen LogP) is 6.05. The van der Waals surface area contributed by atoms with E-state index in [9.17, 15) is 27.9 Å². The molecule has 0 radical (unpaired) electrons. The Morgan fingerprint density at radius 2 is 1.65 bits per heavy atom. The number of aliphatic carboxylic acids is 1. The maximum atomic E-state index is 13.3. The van der Waals surface area contributed by atoms with Crippen LogP contribution < -0.4 is 9.47 Å². The lowest BCUT2D eigenvalue weighted by Crippen LogP contribution is -2.40. The summed E-state index contributed by atoms with van der Waals surface area (Å²) in [5.41, 5.74) is -0.257. The van der Waals surface area contributed by atoms with Crippen molar-refractivity contribution in [3.8, 4) is 11.5 Å². The Morgan fingerprint density at radius 3 is 2.22 bits per heavy atom. The summed E-state index contributed by atoms with van der Waals surface area (Å²) in [6.45, 7) is 6.49. The van der Waals surface area contributed by atoms with Gasteiger partial charge in [-0.15, -0.1) is 0 Å². The van der Waals surface area contributed by atoms with Crippen molar-refractivity contribution >= 4 is 12.1 Å². The molecule has 0 saturated heterocycles. The molecule has 0 bridgehead atoms. The molecule has 1 unspecified atom stereocenters. The molecule has 10 heteroatoms. The van der Waals surface area contributed by atoms with Crippen LogP contribution in [0.25, 0.3) is 0 Å². The highest BCUT2D eigenvalue weighted by molar-refractivity contribution is 5.72. The molecule has 1 atom stereocenters. The molecule has 0 aliphatic carbocycles. The summed E-state index contributed by atoms with van der Waals surface area (Å²) in [5.74, 6) is -0.926. The number of hydrogen-bond donors (Lipinski definition) is 1. The molecule has 0 aromatic heterocycles. The Morgan fingerprint density at radius 1 is 1.00 bits per heavy atom. The average molecular weight is 526 g/mol. The summed E-state index contributed by atoms with van der Waals surface area (Å²) < 4.78 is 56.1. The van der Waals surface area contributed by atoms with E-state index in [0.717, 1.165) is 30.5 Å². The Labute approximate surface area is 215 Å². The van der Waals surface area contributed by atoms with Crippen molar-refractivity contribution in [3.05, 3.63) is 59.7 Å². The van der Waals surface area contributed by atoms with Crippen LogP contribution in [0, 0.1) is 5.92 Å². The lowest BCUT2D eigenvalue weighted by Gasteiger charge is -2.26. The second-order valence-electron chi connectivity index (χ2n) is 8.47. The Bertz CT molecular complexity index is 992. The van der Waals surface area contributed by atoms with Crippen molar-refractivity contribution in [2.75, 3.05) is 26.3 Å². The Balaban J connectivity index is 2.04. The number of nitrogens with zero attached hydrogens (tertiary/aromatic N) is 1. The molecule has 0 aliphatic rings. The zero-order chi connectivity index (χ0) is 27.4. The summed E-state index contributed by atoms with van der Waals surface area (Å²) in [4.78, 5) is 25.5. The van der Waals surface area contributed by atoms with Gasteiger partial charge < -0.3 is 24.2 Å². The van der Waals surface area contributed by atoms with E-state index in [-0.39, 0.29) is 32.1 Å². The first kappa shape index (κ1) is 30.0.